The number of benzene rings is 2. The molecule has 1 N–H and O–H groups in total. The Labute approximate surface area is 167 Å². The molecule has 0 aromatic heterocycles. The summed E-state index contributed by atoms with van der Waals surface area (Å²) in [7, 11) is -2.70. The van der Waals surface area contributed by atoms with Gasteiger partial charge in [0.2, 0.25) is 0 Å². The second-order valence-electron chi connectivity index (χ2n) is 5.88. The Morgan fingerprint density at radius 1 is 1.07 bits per heavy atom. The molecule has 10 heteroatoms. The Kier molecular flexibility index (Phi) is 7.46. The molecule has 0 unspecified atom stereocenters. The van der Waals surface area contributed by atoms with Crippen molar-refractivity contribution in [2.45, 2.75) is 20.0 Å². The van der Waals surface area contributed by atoms with Gasteiger partial charge in [-0.05, 0) is 44.2 Å². The van der Waals surface area contributed by atoms with Crippen LogP contribution in [0.4, 0.5) is 24.5 Å². The van der Waals surface area contributed by atoms with Crippen molar-refractivity contribution in [1.29, 1.82) is 0 Å². The summed E-state index contributed by atoms with van der Waals surface area (Å²) in [5, 5.41) is 2.61. The number of anilines is 2. The van der Waals surface area contributed by atoms with Gasteiger partial charge in [0, 0.05) is 12.7 Å². The second-order valence-corrected chi connectivity index (χ2v) is 7.93. The van der Waals surface area contributed by atoms with Crippen molar-refractivity contribution in [3.63, 3.8) is 0 Å². The monoisotopic (exact) mass is 430 g/mol. The van der Waals surface area contributed by atoms with Crippen molar-refractivity contribution < 1.29 is 31.6 Å². The number of carbonyl (C=O) groups excluding carboxylic acids is 1. The van der Waals surface area contributed by atoms with Crippen molar-refractivity contribution >= 4 is 25.0 Å². The lowest BCUT2D eigenvalue weighted by atomic mass is 10.1. The van der Waals surface area contributed by atoms with Crippen molar-refractivity contribution in [3.05, 3.63) is 59.7 Å². The maximum Gasteiger partial charge on any atom is 0.435 e. The Morgan fingerprint density at radius 3 is 2.17 bits per heavy atom. The highest BCUT2D eigenvalue weighted by molar-refractivity contribution is 7.55. The number of rotatable bonds is 8. The molecule has 2 rings (SSSR count). The number of halogens is 3. The van der Waals surface area contributed by atoms with Crippen LogP contribution in [-0.2, 0) is 19.8 Å². The van der Waals surface area contributed by atoms with E-state index in [1.54, 1.807) is 44.2 Å². The lowest BCUT2D eigenvalue weighted by molar-refractivity contribution is -0.137. The lowest BCUT2D eigenvalue weighted by Gasteiger charge is -2.29. The summed E-state index contributed by atoms with van der Waals surface area (Å²) in [5.74, 6) is -0.661. The zero-order valence-corrected chi connectivity index (χ0v) is 17.1. The molecule has 0 atom stereocenters. The maximum absolute atomic E-state index is 13.3. The molecule has 158 valence electrons. The molecule has 2 aromatic rings. The van der Waals surface area contributed by atoms with Crippen LogP contribution in [0, 0.1) is 0 Å². The number of carbonyl (C=O) groups is 1. The largest absolute Gasteiger partial charge is 0.435 e. The first-order valence-corrected chi connectivity index (χ1v) is 10.3. The third kappa shape index (κ3) is 5.59. The average molecular weight is 430 g/mol. The summed E-state index contributed by atoms with van der Waals surface area (Å²) in [5.41, 5.74) is -0.860. The van der Waals surface area contributed by atoms with E-state index in [0.29, 0.717) is 5.69 Å². The van der Waals surface area contributed by atoms with E-state index in [9.17, 15) is 22.5 Å². The van der Waals surface area contributed by atoms with Gasteiger partial charge in [0.25, 0.3) is 5.91 Å². The number of hydrogen-bond donors (Lipinski definition) is 1. The molecular weight excluding hydrogens is 408 g/mol. The highest BCUT2D eigenvalue weighted by atomic mass is 31.2. The fourth-order valence-corrected chi connectivity index (χ4v) is 4.06. The van der Waals surface area contributed by atoms with Gasteiger partial charge in [-0.2, -0.15) is 13.2 Å². The summed E-state index contributed by atoms with van der Waals surface area (Å²) < 4.78 is 64.2. The molecule has 0 aliphatic rings. The first-order valence-electron chi connectivity index (χ1n) is 8.83. The van der Waals surface area contributed by atoms with E-state index in [4.69, 9.17) is 9.05 Å². The first-order chi connectivity index (χ1) is 13.6. The SMILES string of the molecule is CCOP(=O)(OCC)N(C)c1cc(C(F)(F)F)ccc1C(=O)Nc1ccccc1. The van der Waals surface area contributed by atoms with E-state index in [0.717, 1.165) is 22.9 Å². The number of amides is 1. The molecule has 0 aliphatic heterocycles. The van der Waals surface area contributed by atoms with Gasteiger partial charge in [0.05, 0.1) is 30.0 Å². The molecule has 6 nitrogen and oxygen atoms in total. The zero-order valence-electron chi connectivity index (χ0n) is 16.2. The topological polar surface area (TPSA) is 67.9 Å². The highest BCUT2D eigenvalue weighted by Crippen LogP contribution is 2.54. The second kappa shape index (κ2) is 9.43. The zero-order chi connectivity index (χ0) is 21.7. The lowest BCUT2D eigenvalue weighted by Crippen LogP contribution is -2.23. The first kappa shape index (κ1) is 22.9. The van der Waals surface area contributed by atoms with Gasteiger partial charge in [-0.25, -0.2) is 4.57 Å². The Hall–Kier alpha value is -2.35. The highest BCUT2D eigenvalue weighted by Gasteiger charge is 2.36. The molecule has 0 saturated heterocycles. The number of para-hydroxylation sites is 1. The Balaban J connectivity index is 2.53. The van der Waals surface area contributed by atoms with Crippen LogP contribution in [-0.4, -0.2) is 26.2 Å². The van der Waals surface area contributed by atoms with Gasteiger partial charge in [0.1, 0.15) is 0 Å². The molecule has 0 aliphatic carbocycles. The third-order valence-corrected chi connectivity index (χ3v) is 6.02. The predicted molar refractivity (Wildman–Crippen MR) is 105 cm³/mol. The third-order valence-electron chi connectivity index (χ3n) is 3.90. The van der Waals surface area contributed by atoms with Gasteiger partial charge in [-0.1, -0.05) is 18.2 Å². The summed E-state index contributed by atoms with van der Waals surface area (Å²) in [6, 6.07) is 11.0. The molecule has 0 bridgehead atoms. The van der Waals surface area contributed by atoms with Gasteiger partial charge in [-0.15, -0.1) is 0 Å². The molecule has 0 fully saturated rings. The van der Waals surface area contributed by atoms with Crippen LogP contribution in [0.25, 0.3) is 0 Å². The molecule has 0 radical (unpaired) electrons. The number of alkyl halides is 3. The van der Waals surface area contributed by atoms with Gasteiger partial charge in [0.15, 0.2) is 0 Å². The van der Waals surface area contributed by atoms with E-state index in [1.165, 1.54) is 7.05 Å². The van der Waals surface area contributed by atoms with E-state index >= 15 is 0 Å². The van der Waals surface area contributed by atoms with Gasteiger partial charge < -0.3 is 5.32 Å². The minimum atomic E-state index is -4.65. The average Bonchev–Trinajstić information content (AvgIpc) is 2.67. The Morgan fingerprint density at radius 2 is 1.66 bits per heavy atom. The van der Waals surface area contributed by atoms with E-state index < -0.39 is 25.4 Å². The summed E-state index contributed by atoms with van der Waals surface area (Å²) in [6.07, 6.45) is -4.65. The van der Waals surface area contributed by atoms with Gasteiger partial charge in [-0.3, -0.25) is 18.5 Å². The van der Waals surface area contributed by atoms with Crippen LogP contribution in [0.3, 0.4) is 0 Å². The quantitative estimate of drug-likeness (QED) is 0.554. The minimum Gasteiger partial charge on any atom is -0.322 e. The normalized spacial score (nSPS) is 11.9. The van der Waals surface area contributed by atoms with Crippen LogP contribution in [0.15, 0.2) is 48.5 Å². The van der Waals surface area contributed by atoms with Crippen molar-refractivity contribution in [1.82, 2.24) is 0 Å². The molecule has 0 saturated carbocycles. The Bertz CT molecular complexity index is 881. The van der Waals surface area contributed by atoms with Gasteiger partial charge >= 0.3 is 13.9 Å². The summed E-state index contributed by atoms with van der Waals surface area (Å²) >= 11 is 0. The number of nitrogens with zero attached hydrogens (tertiary/aromatic N) is 1. The van der Waals surface area contributed by atoms with Crippen LogP contribution < -0.4 is 9.99 Å². The van der Waals surface area contributed by atoms with Crippen LogP contribution in [0.2, 0.25) is 0 Å². The number of nitrogens with one attached hydrogen (secondary N) is 1. The van der Waals surface area contributed by atoms with Crippen molar-refractivity contribution in [3.8, 4) is 0 Å². The van der Waals surface area contributed by atoms with Crippen LogP contribution >= 0.6 is 7.75 Å². The standard InChI is InChI=1S/C19H22F3N2O4P/c1-4-27-29(26,28-5-2)24(3)17-13-14(19(20,21)22)11-12-16(17)18(25)23-15-9-7-6-8-10-15/h6-13H,4-5H2,1-3H3,(H,23,25). The summed E-state index contributed by atoms with van der Waals surface area (Å²) in [6.45, 7) is 3.17. The predicted octanol–water partition coefficient (Wildman–Crippen LogP) is 5.58. The maximum atomic E-state index is 13.3. The molecule has 0 heterocycles. The summed E-state index contributed by atoms with van der Waals surface area (Å²) in [4.78, 5) is 12.8. The molecular formula is C19H22F3N2O4P. The van der Waals surface area contributed by atoms with E-state index in [1.807, 2.05) is 0 Å². The molecule has 2 aromatic carbocycles. The smallest absolute Gasteiger partial charge is 0.322 e. The fraction of sp³-hybridized carbons (Fsp3) is 0.316. The molecule has 29 heavy (non-hydrogen) atoms. The van der Waals surface area contributed by atoms with E-state index in [-0.39, 0.29) is 24.5 Å². The van der Waals surface area contributed by atoms with Crippen molar-refractivity contribution in [2.24, 2.45) is 0 Å². The van der Waals surface area contributed by atoms with E-state index in [2.05, 4.69) is 5.32 Å². The minimum absolute atomic E-state index is 0.00608. The van der Waals surface area contributed by atoms with Crippen LogP contribution in [0.1, 0.15) is 29.8 Å². The fourth-order valence-electron chi connectivity index (χ4n) is 2.56. The van der Waals surface area contributed by atoms with Crippen molar-refractivity contribution in [2.75, 3.05) is 30.2 Å². The number of hydrogen-bond acceptors (Lipinski definition) is 4. The molecule has 1 amide bonds. The molecule has 0 spiro atoms. The van der Waals surface area contributed by atoms with Crippen LogP contribution in [0.5, 0.6) is 0 Å².